The molecular formula is C10H15BN2O2. The number of nitrogens with two attached hydrogens (primary N) is 1. The van der Waals surface area contributed by atoms with Crippen LogP contribution in [-0.2, 0) is 4.74 Å². The maximum Gasteiger partial charge on any atom is 0.378 e. The number of nitroso groups, excluding NO2 is 1. The van der Waals surface area contributed by atoms with Crippen LogP contribution in [0.1, 0.15) is 11.4 Å². The minimum Gasteiger partial charge on any atom is -0.388 e. The number of rotatable bonds is 2. The van der Waals surface area contributed by atoms with Crippen LogP contribution in [-0.4, -0.2) is 27.6 Å². The van der Waals surface area contributed by atoms with Crippen molar-refractivity contribution in [3.8, 4) is 0 Å². The monoisotopic (exact) mass is 206 g/mol. The van der Waals surface area contributed by atoms with Crippen LogP contribution in [0.5, 0.6) is 0 Å². The Morgan fingerprint density at radius 2 is 2.07 bits per heavy atom. The molecule has 5 heteroatoms. The van der Waals surface area contributed by atoms with E-state index in [1.165, 1.54) is 5.56 Å². The third kappa shape index (κ3) is 2.24. The maximum absolute atomic E-state index is 10.4. The molecule has 4 nitrogen and oxygen atoms in total. The number of fused-ring (bicyclic) bond motifs is 1. The van der Waals surface area contributed by atoms with Crippen LogP contribution in [0.4, 0.5) is 0 Å². The average Bonchev–Trinajstić information content (AvgIpc) is 2.22. The van der Waals surface area contributed by atoms with Crippen molar-refractivity contribution in [3.05, 3.63) is 34.7 Å². The zero-order valence-electron chi connectivity index (χ0n) is 9.01. The normalized spacial score (nSPS) is 17.0. The van der Waals surface area contributed by atoms with Gasteiger partial charge in [0.05, 0.1) is 0 Å². The molecule has 0 amide bonds. The van der Waals surface area contributed by atoms with E-state index < -0.39 is 0 Å². The molecule has 1 unspecified atom stereocenters. The van der Waals surface area contributed by atoms with Gasteiger partial charge in [-0.15, -0.1) is 5.09 Å². The van der Waals surface area contributed by atoms with Crippen LogP contribution >= 0.6 is 0 Å². The van der Waals surface area contributed by atoms with Crippen molar-refractivity contribution in [1.82, 2.24) is 0 Å². The molecule has 0 saturated carbocycles. The summed E-state index contributed by atoms with van der Waals surface area (Å²) < 4.78 is 4.25. The second-order valence-corrected chi connectivity index (χ2v) is 3.43. The largest absolute Gasteiger partial charge is 0.388 e. The van der Waals surface area contributed by atoms with Gasteiger partial charge in [0.15, 0.2) is 0 Å². The maximum atomic E-state index is 10.4. The summed E-state index contributed by atoms with van der Waals surface area (Å²) in [5.41, 5.74) is 7.74. The second kappa shape index (κ2) is 5.63. The predicted molar refractivity (Wildman–Crippen MR) is 62.4 cm³/mol. The molecule has 80 valence electrons. The summed E-state index contributed by atoms with van der Waals surface area (Å²) in [6.07, 6.45) is 0. The number of methoxy groups -OCH3 is 1. The topological polar surface area (TPSA) is 64.7 Å². The minimum atomic E-state index is -0.203. The van der Waals surface area contributed by atoms with Gasteiger partial charge in [0, 0.05) is 20.0 Å². The molecule has 2 rings (SSSR count). The van der Waals surface area contributed by atoms with E-state index >= 15 is 0 Å². The van der Waals surface area contributed by atoms with Gasteiger partial charge in [-0.05, 0) is 12.0 Å². The van der Waals surface area contributed by atoms with Crippen LogP contribution in [0.2, 0.25) is 0 Å². The molecular weight excluding hydrogens is 191 g/mol. The van der Waals surface area contributed by atoms with Crippen LogP contribution < -0.4 is 11.2 Å². The van der Waals surface area contributed by atoms with Gasteiger partial charge in [-0.25, -0.2) is 0 Å². The highest BCUT2D eigenvalue weighted by molar-refractivity contribution is 6.78. The van der Waals surface area contributed by atoms with Crippen molar-refractivity contribution in [2.75, 3.05) is 20.8 Å². The number of benzene rings is 1. The predicted octanol–water partition coefficient (Wildman–Crippen LogP) is 0.509. The van der Waals surface area contributed by atoms with Crippen molar-refractivity contribution in [2.24, 2.45) is 10.8 Å². The zero-order valence-corrected chi connectivity index (χ0v) is 9.01. The zero-order chi connectivity index (χ0) is 11.3. The van der Waals surface area contributed by atoms with Gasteiger partial charge in [-0.1, -0.05) is 29.8 Å². The standard InChI is InChI=1S/C8H9BN2O.C2H6O/c10-5-8-6-3-1-2-4-7(6)9(8)11-12;1-3-2/h1-4,8H,5,10H2;1-2H3. The van der Waals surface area contributed by atoms with Crippen LogP contribution in [0.15, 0.2) is 29.4 Å². The van der Waals surface area contributed by atoms with Crippen LogP contribution in [0.3, 0.4) is 0 Å². The summed E-state index contributed by atoms with van der Waals surface area (Å²) in [5.74, 6) is 0.152. The van der Waals surface area contributed by atoms with E-state index in [1.54, 1.807) is 14.2 Å². The van der Waals surface area contributed by atoms with Gasteiger partial charge in [0.25, 0.3) is 0 Å². The summed E-state index contributed by atoms with van der Waals surface area (Å²) in [7, 11) is 3.25. The summed E-state index contributed by atoms with van der Waals surface area (Å²) in [4.78, 5) is 10.4. The van der Waals surface area contributed by atoms with Gasteiger partial charge in [0.1, 0.15) is 0 Å². The van der Waals surface area contributed by atoms with E-state index in [1.807, 2.05) is 24.3 Å². The molecule has 2 N–H and O–H groups in total. The molecule has 0 bridgehead atoms. The molecule has 0 aliphatic carbocycles. The Balaban J connectivity index is 0.000000337. The Kier molecular flexibility index (Phi) is 4.46. The SMILES string of the molecule is COC.NCC1B(N=O)c2ccccc21. The molecule has 1 aromatic carbocycles. The molecule has 1 aromatic rings. The smallest absolute Gasteiger partial charge is 0.378 e. The molecule has 1 heterocycles. The average molecular weight is 206 g/mol. The lowest BCUT2D eigenvalue weighted by Crippen LogP contribution is -2.51. The van der Waals surface area contributed by atoms with E-state index in [0.29, 0.717) is 6.54 Å². The Morgan fingerprint density at radius 1 is 1.47 bits per heavy atom. The highest BCUT2D eigenvalue weighted by Gasteiger charge is 2.42. The molecule has 1 aliphatic rings. The van der Waals surface area contributed by atoms with E-state index in [-0.39, 0.29) is 12.7 Å². The van der Waals surface area contributed by atoms with Crippen molar-refractivity contribution in [3.63, 3.8) is 0 Å². The Bertz CT molecular complexity index is 333. The molecule has 0 spiro atoms. The number of ether oxygens (including phenoxy) is 1. The number of hydrogen-bond acceptors (Lipinski definition) is 4. The van der Waals surface area contributed by atoms with Gasteiger partial charge in [0.2, 0.25) is 0 Å². The van der Waals surface area contributed by atoms with Gasteiger partial charge in [-0.3, -0.25) is 0 Å². The molecule has 0 fully saturated rings. The van der Waals surface area contributed by atoms with Gasteiger partial charge >= 0.3 is 6.85 Å². The summed E-state index contributed by atoms with van der Waals surface area (Å²) in [6, 6.07) is 7.83. The molecule has 15 heavy (non-hydrogen) atoms. The van der Waals surface area contributed by atoms with Gasteiger partial charge in [-0.2, -0.15) is 4.91 Å². The first-order chi connectivity index (χ1) is 7.29. The van der Waals surface area contributed by atoms with Crippen molar-refractivity contribution < 1.29 is 4.74 Å². The van der Waals surface area contributed by atoms with Crippen molar-refractivity contribution in [1.29, 1.82) is 0 Å². The fourth-order valence-corrected chi connectivity index (χ4v) is 1.79. The lowest BCUT2D eigenvalue weighted by atomic mass is 9.35. The van der Waals surface area contributed by atoms with Crippen LogP contribution in [0.25, 0.3) is 0 Å². The third-order valence-corrected chi connectivity index (χ3v) is 2.46. The lowest BCUT2D eigenvalue weighted by Gasteiger charge is -2.30. The first kappa shape index (κ1) is 11.9. The van der Waals surface area contributed by atoms with E-state index in [4.69, 9.17) is 5.73 Å². The molecule has 0 aromatic heterocycles. The van der Waals surface area contributed by atoms with E-state index in [2.05, 4.69) is 9.82 Å². The Labute approximate surface area is 89.9 Å². The quantitative estimate of drug-likeness (QED) is 0.566. The highest BCUT2D eigenvalue weighted by atomic mass is 16.4. The van der Waals surface area contributed by atoms with E-state index in [9.17, 15) is 4.91 Å². The summed E-state index contributed by atoms with van der Waals surface area (Å²) in [6.45, 7) is 0.305. The lowest BCUT2D eigenvalue weighted by molar-refractivity contribution is 0.277. The first-order valence-corrected chi connectivity index (χ1v) is 4.81. The fourth-order valence-electron chi connectivity index (χ4n) is 1.79. The third-order valence-electron chi connectivity index (χ3n) is 2.46. The van der Waals surface area contributed by atoms with Gasteiger partial charge < -0.3 is 10.5 Å². The molecule has 1 aliphatic heterocycles. The highest BCUT2D eigenvalue weighted by Crippen LogP contribution is 2.26. The number of hydrogen-bond donors (Lipinski definition) is 1. The summed E-state index contributed by atoms with van der Waals surface area (Å²) >= 11 is 0. The van der Waals surface area contributed by atoms with Crippen molar-refractivity contribution in [2.45, 2.75) is 5.82 Å². The van der Waals surface area contributed by atoms with Crippen molar-refractivity contribution >= 4 is 12.3 Å². The molecule has 1 atom stereocenters. The molecule has 0 radical (unpaired) electrons. The number of nitrogens with zero attached hydrogens (tertiary/aromatic N) is 1. The Hall–Kier alpha value is -1.20. The molecule has 0 saturated heterocycles. The van der Waals surface area contributed by atoms with Crippen LogP contribution in [0, 0.1) is 4.91 Å². The Morgan fingerprint density at radius 3 is 2.60 bits per heavy atom. The fraction of sp³-hybridized carbons (Fsp3) is 0.400. The second-order valence-electron chi connectivity index (χ2n) is 3.43. The minimum absolute atomic E-state index is 0.152. The first-order valence-electron chi connectivity index (χ1n) is 4.81. The van der Waals surface area contributed by atoms with E-state index in [0.717, 1.165) is 5.46 Å². The summed E-state index contributed by atoms with van der Waals surface area (Å²) in [5, 5.41) is 3.06.